The predicted octanol–water partition coefficient (Wildman–Crippen LogP) is 7.38. The van der Waals surface area contributed by atoms with Crippen LogP contribution in [0.15, 0.2) is 41.5 Å². The molecule has 8 atom stereocenters. The van der Waals surface area contributed by atoms with Crippen LogP contribution in [0.3, 0.4) is 0 Å². The topological polar surface area (TPSA) is 49.9 Å². The summed E-state index contributed by atoms with van der Waals surface area (Å²) < 4.78 is 6.55. The highest BCUT2D eigenvalue weighted by atomic mass is 16.5. The Morgan fingerprint density at radius 2 is 1.86 bits per heavy atom. The lowest BCUT2D eigenvalue weighted by Crippen LogP contribution is -2.52. The lowest BCUT2D eigenvalue weighted by molar-refractivity contribution is -0.129. The maximum Gasteiger partial charge on any atom is 0.133 e. The van der Waals surface area contributed by atoms with Crippen molar-refractivity contribution >= 4 is 12.1 Å². The molecule has 0 spiro atoms. The van der Waals surface area contributed by atoms with Crippen LogP contribution < -0.4 is 0 Å². The first-order chi connectivity index (χ1) is 21.2. The van der Waals surface area contributed by atoms with Gasteiger partial charge in [0.05, 0.1) is 12.6 Å². The number of fused-ring (bicyclic) bond motifs is 6. The third-order valence-corrected chi connectivity index (χ3v) is 12.4. The lowest BCUT2D eigenvalue weighted by atomic mass is 9.52. The van der Waals surface area contributed by atoms with Crippen LogP contribution in [0.2, 0.25) is 0 Å². The zero-order valence-electron chi connectivity index (χ0n) is 28.4. The van der Waals surface area contributed by atoms with E-state index in [1.807, 2.05) is 0 Å². The van der Waals surface area contributed by atoms with Crippen LogP contribution in [-0.4, -0.2) is 74.4 Å². The van der Waals surface area contributed by atoms with Crippen molar-refractivity contribution in [2.24, 2.45) is 35.0 Å². The van der Waals surface area contributed by atoms with Crippen molar-refractivity contribution in [1.82, 2.24) is 9.80 Å². The third-order valence-electron chi connectivity index (χ3n) is 12.4. The van der Waals surface area contributed by atoms with Crippen LogP contribution in [0.5, 0.6) is 0 Å². The van der Waals surface area contributed by atoms with Gasteiger partial charge in [-0.3, -0.25) is 9.69 Å². The van der Waals surface area contributed by atoms with Crippen molar-refractivity contribution < 1.29 is 14.3 Å². The summed E-state index contributed by atoms with van der Waals surface area (Å²) >= 11 is 0. The van der Waals surface area contributed by atoms with Gasteiger partial charge in [-0.15, -0.1) is 0 Å². The van der Waals surface area contributed by atoms with Crippen molar-refractivity contribution in [3.05, 3.63) is 47.0 Å². The van der Waals surface area contributed by atoms with E-state index in [4.69, 9.17) is 4.74 Å². The fraction of sp³-hybridized carbons (Fsp3) is 0.744. The molecular formula is C39H60N2O3. The number of likely N-dealkylation sites (N-methyl/N-ethyl adjacent to an activating group) is 1. The number of allylic oxidation sites excluding steroid dienone is 2. The summed E-state index contributed by atoms with van der Waals surface area (Å²) in [6.07, 6.45) is 14.9. The Morgan fingerprint density at radius 1 is 1.07 bits per heavy atom. The molecule has 0 radical (unpaired) electrons. The van der Waals surface area contributed by atoms with Gasteiger partial charge in [-0.2, -0.15) is 0 Å². The maximum absolute atomic E-state index is 12.2. The standard InChI is InChI=1S/C29H45NO3.C10H15N/c1-19-15-28-27(30(18-19)12-13-31)9-6-20(2)25-17-26-24(23(25)5-4-14-33-28)8-7-21-16-22(32)10-11-29(21,26)3;1-11(2)9-8-10-6-4-3-5-7-10/h13,19,21,23-24,26-28H,4-12,14-18H2,1-3H3;3-7H,8-9H2,1-2H3/b25-20-;. The molecule has 5 aliphatic rings. The van der Waals surface area contributed by atoms with Crippen LogP contribution in [0, 0.1) is 35.0 Å². The van der Waals surface area contributed by atoms with Crippen LogP contribution in [-0.2, 0) is 20.7 Å². The number of rotatable bonds is 5. The summed E-state index contributed by atoms with van der Waals surface area (Å²) in [7, 11) is 4.20. The Bertz CT molecular complexity index is 1130. The van der Waals surface area contributed by atoms with Crippen molar-refractivity contribution in [1.29, 1.82) is 0 Å². The van der Waals surface area contributed by atoms with Gasteiger partial charge in [0, 0.05) is 38.6 Å². The van der Waals surface area contributed by atoms with E-state index >= 15 is 0 Å². The quantitative estimate of drug-likeness (QED) is 0.259. The second kappa shape index (κ2) is 15.2. The van der Waals surface area contributed by atoms with Crippen molar-refractivity contribution in [2.75, 3.05) is 40.3 Å². The minimum atomic E-state index is 0.270. The number of likely N-dealkylation sites (tertiary alicyclic amines) is 1. The average molecular weight is 605 g/mol. The highest BCUT2D eigenvalue weighted by Gasteiger charge is 2.55. The van der Waals surface area contributed by atoms with E-state index in [1.54, 1.807) is 11.1 Å². The molecule has 44 heavy (non-hydrogen) atoms. The first-order valence-electron chi connectivity index (χ1n) is 17.9. The Labute approximate surface area is 268 Å². The van der Waals surface area contributed by atoms with Gasteiger partial charge in [-0.1, -0.05) is 55.3 Å². The SMILES string of the molecule is C/C1=C2\CC3C(CCC4CC(=O)CCC43C)C2CCCOC2CC(C)CN(CC=O)C2CC1.CN(C)CCc1ccccc1. The van der Waals surface area contributed by atoms with E-state index < -0.39 is 0 Å². The number of Topliss-reactive ketones (excluding diaryl/α,β-unsaturated/α-hetero) is 1. The number of hydrogen-bond acceptors (Lipinski definition) is 5. The van der Waals surface area contributed by atoms with E-state index in [9.17, 15) is 9.59 Å². The van der Waals surface area contributed by atoms with Gasteiger partial charge in [0.25, 0.3) is 0 Å². The molecule has 1 aromatic rings. The number of ketones is 1. The molecule has 2 aliphatic heterocycles. The fourth-order valence-corrected chi connectivity index (χ4v) is 9.93. The summed E-state index contributed by atoms with van der Waals surface area (Å²) in [6, 6.07) is 10.9. The zero-order valence-corrected chi connectivity index (χ0v) is 28.4. The molecule has 1 aromatic carbocycles. The summed E-state index contributed by atoms with van der Waals surface area (Å²) in [4.78, 5) is 28.2. The number of aldehydes is 1. The first kappa shape index (κ1) is 33.5. The minimum absolute atomic E-state index is 0.270. The normalized spacial score (nSPS) is 37.9. The Kier molecular flexibility index (Phi) is 11.6. The van der Waals surface area contributed by atoms with Crippen LogP contribution >= 0.6 is 0 Å². The van der Waals surface area contributed by atoms with Crippen molar-refractivity contribution in [2.45, 2.75) is 110 Å². The second-order valence-electron chi connectivity index (χ2n) is 15.6. The summed E-state index contributed by atoms with van der Waals surface area (Å²) in [6.45, 7) is 10.8. The molecule has 4 fully saturated rings. The van der Waals surface area contributed by atoms with Gasteiger partial charge in [-0.25, -0.2) is 0 Å². The molecule has 0 bridgehead atoms. The van der Waals surface area contributed by atoms with Gasteiger partial charge in [0.15, 0.2) is 0 Å². The number of piperidine rings is 1. The molecular weight excluding hydrogens is 544 g/mol. The molecule has 1 saturated heterocycles. The highest BCUT2D eigenvalue weighted by molar-refractivity contribution is 5.79. The van der Waals surface area contributed by atoms with Crippen LogP contribution in [0.1, 0.15) is 97.0 Å². The molecule has 5 nitrogen and oxygen atoms in total. The molecule has 2 heterocycles. The Balaban J connectivity index is 0.000000296. The molecule has 3 aliphatic carbocycles. The number of benzene rings is 1. The predicted molar refractivity (Wildman–Crippen MR) is 180 cm³/mol. The molecule has 6 rings (SSSR count). The summed E-state index contributed by atoms with van der Waals surface area (Å²) in [5.74, 6) is 4.00. The third kappa shape index (κ3) is 7.76. The number of hydrogen-bond donors (Lipinski definition) is 0. The van der Waals surface area contributed by atoms with Gasteiger partial charge < -0.3 is 14.4 Å². The average Bonchev–Trinajstić information content (AvgIpc) is 3.37. The fourth-order valence-electron chi connectivity index (χ4n) is 9.93. The molecule has 0 amide bonds. The van der Waals surface area contributed by atoms with E-state index in [0.29, 0.717) is 35.6 Å². The molecule has 8 unspecified atom stereocenters. The summed E-state index contributed by atoms with van der Waals surface area (Å²) in [5, 5.41) is 0. The largest absolute Gasteiger partial charge is 0.377 e. The molecule has 5 heteroatoms. The molecule has 0 aromatic heterocycles. The monoisotopic (exact) mass is 604 g/mol. The van der Waals surface area contributed by atoms with Crippen LogP contribution in [0.4, 0.5) is 0 Å². The lowest BCUT2D eigenvalue weighted by Gasteiger charge is -2.52. The van der Waals surface area contributed by atoms with E-state index in [-0.39, 0.29) is 6.10 Å². The van der Waals surface area contributed by atoms with Gasteiger partial charge in [-0.05, 0) is 126 Å². The van der Waals surface area contributed by atoms with Gasteiger partial charge in [0.1, 0.15) is 12.1 Å². The molecule has 3 saturated carbocycles. The van der Waals surface area contributed by atoms with E-state index in [1.165, 1.54) is 31.2 Å². The van der Waals surface area contributed by atoms with Crippen molar-refractivity contribution in [3.63, 3.8) is 0 Å². The summed E-state index contributed by atoms with van der Waals surface area (Å²) in [5.41, 5.74) is 5.18. The minimum Gasteiger partial charge on any atom is -0.377 e. The Morgan fingerprint density at radius 3 is 2.61 bits per heavy atom. The van der Waals surface area contributed by atoms with Gasteiger partial charge >= 0.3 is 0 Å². The Hall–Kier alpha value is -1.82. The molecule has 0 N–H and O–H groups in total. The highest BCUT2D eigenvalue weighted by Crippen LogP contribution is 2.63. The number of carbonyl (C=O) groups is 2. The van der Waals surface area contributed by atoms with Crippen molar-refractivity contribution in [3.8, 4) is 0 Å². The number of carbonyl (C=O) groups excluding carboxylic acids is 2. The smallest absolute Gasteiger partial charge is 0.133 e. The number of nitrogens with zero attached hydrogens (tertiary/aromatic N) is 2. The first-order valence-corrected chi connectivity index (χ1v) is 17.9. The van der Waals surface area contributed by atoms with E-state index in [0.717, 1.165) is 95.1 Å². The second-order valence-corrected chi connectivity index (χ2v) is 15.6. The maximum atomic E-state index is 12.2. The zero-order chi connectivity index (χ0) is 31.3. The van der Waals surface area contributed by atoms with Gasteiger partial charge in [0.2, 0.25) is 0 Å². The molecule has 244 valence electrons. The van der Waals surface area contributed by atoms with Crippen LogP contribution in [0.25, 0.3) is 0 Å². The van der Waals surface area contributed by atoms with E-state index in [2.05, 4.69) is 75.0 Å². The number of ether oxygens (including phenoxy) is 1.